The van der Waals surface area contributed by atoms with E-state index in [1.165, 1.54) is 0 Å². The molecule has 21 heavy (non-hydrogen) atoms. The van der Waals surface area contributed by atoms with E-state index < -0.39 is 10.9 Å². The lowest BCUT2D eigenvalue weighted by Gasteiger charge is -2.42. The van der Waals surface area contributed by atoms with Crippen LogP contribution in [0.4, 0.5) is 11.5 Å². The summed E-state index contributed by atoms with van der Waals surface area (Å²) >= 11 is 0. The molecule has 0 aromatic carbocycles. The normalized spacial score (nSPS) is 25.7. The third-order valence-electron chi connectivity index (χ3n) is 4.16. The number of aromatic carboxylic acids is 1. The van der Waals surface area contributed by atoms with Crippen LogP contribution in [0.5, 0.6) is 0 Å². The first-order valence-corrected chi connectivity index (χ1v) is 6.95. The van der Waals surface area contributed by atoms with E-state index in [1.54, 1.807) is 0 Å². The molecule has 7 heteroatoms. The molecule has 0 amide bonds. The molecule has 0 spiro atoms. The van der Waals surface area contributed by atoms with Crippen LogP contribution >= 0.6 is 0 Å². The lowest BCUT2D eigenvalue weighted by molar-refractivity contribution is -0.385. The molecule has 114 valence electrons. The predicted octanol–water partition coefficient (Wildman–Crippen LogP) is 2.56. The van der Waals surface area contributed by atoms with Crippen LogP contribution in [0.1, 0.15) is 37.6 Å². The Bertz CT molecular complexity index is 575. The largest absolute Gasteiger partial charge is 0.478 e. The fraction of sp³-hybridized carbons (Fsp3) is 0.571. The summed E-state index contributed by atoms with van der Waals surface area (Å²) in [5.41, 5.74) is -0.417. The van der Waals surface area contributed by atoms with Crippen LogP contribution in [0.25, 0.3) is 0 Å². The molecular weight excluding hydrogens is 274 g/mol. The van der Waals surface area contributed by atoms with Crippen molar-refractivity contribution in [1.29, 1.82) is 0 Å². The van der Waals surface area contributed by atoms with E-state index in [0.717, 1.165) is 18.7 Å². The molecule has 1 N–H and O–H groups in total. The topological polar surface area (TPSA) is 96.6 Å². The van der Waals surface area contributed by atoms with Gasteiger partial charge in [-0.25, -0.2) is 9.78 Å². The minimum atomic E-state index is -1.20. The van der Waals surface area contributed by atoms with Crippen LogP contribution in [-0.4, -0.2) is 33.6 Å². The number of nitrogens with zero attached hydrogens (tertiary/aromatic N) is 3. The van der Waals surface area contributed by atoms with Crippen molar-refractivity contribution in [3.63, 3.8) is 0 Å². The fourth-order valence-corrected chi connectivity index (χ4v) is 2.93. The zero-order valence-corrected chi connectivity index (χ0v) is 12.3. The first-order chi connectivity index (χ1) is 9.81. The summed E-state index contributed by atoms with van der Waals surface area (Å²) in [6.45, 7) is 6.97. The van der Waals surface area contributed by atoms with Crippen molar-refractivity contribution in [2.75, 3.05) is 11.4 Å². The molecule has 1 saturated heterocycles. The molecular formula is C14H19N3O4. The van der Waals surface area contributed by atoms with E-state index in [0.29, 0.717) is 24.2 Å². The summed E-state index contributed by atoms with van der Waals surface area (Å²) in [4.78, 5) is 27.6. The Labute approximate surface area is 122 Å². The predicted molar refractivity (Wildman–Crippen MR) is 77.6 cm³/mol. The highest BCUT2D eigenvalue weighted by Crippen LogP contribution is 2.33. The molecule has 1 aliphatic heterocycles. The second kappa shape index (κ2) is 5.67. The van der Waals surface area contributed by atoms with Gasteiger partial charge in [0.05, 0.1) is 4.92 Å². The minimum absolute atomic E-state index is 0.114. The summed E-state index contributed by atoms with van der Waals surface area (Å²) in [7, 11) is 0. The zero-order valence-electron chi connectivity index (χ0n) is 12.3. The number of hydrogen-bond donors (Lipinski definition) is 1. The highest BCUT2D eigenvalue weighted by molar-refractivity contribution is 5.94. The molecule has 1 aliphatic rings. The molecule has 7 nitrogen and oxygen atoms in total. The van der Waals surface area contributed by atoms with Gasteiger partial charge in [0.1, 0.15) is 17.6 Å². The molecule has 0 radical (unpaired) electrons. The van der Waals surface area contributed by atoms with Crippen molar-refractivity contribution in [3.8, 4) is 0 Å². The van der Waals surface area contributed by atoms with Crippen molar-refractivity contribution in [2.24, 2.45) is 11.8 Å². The molecule has 1 fully saturated rings. The highest BCUT2D eigenvalue weighted by Gasteiger charge is 2.32. The van der Waals surface area contributed by atoms with Crippen LogP contribution in [0, 0.1) is 22.0 Å². The molecule has 0 saturated carbocycles. The van der Waals surface area contributed by atoms with Gasteiger partial charge in [-0.05, 0) is 25.2 Å². The zero-order chi connectivity index (χ0) is 15.7. The maximum absolute atomic E-state index is 11.4. The van der Waals surface area contributed by atoms with Gasteiger partial charge in [0.25, 0.3) is 5.69 Å². The number of anilines is 1. The van der Waals surface area contributed by atoms with E-state index in [2.05, 4.69) is 18.8 Å². The van der Waals surface area contributed by atoms with E-state index in [9.17, 15) is 20.0 Å². The van der Waals surface area contributed by atoms with Crippen molar-refractivity contribution < 1.29 is 14.8 Å². The Morgan fingerprint density at radius 1 is 1.48 bits per heavy atom. The van der Waals surface area contributed by atoms with Gasteiger partial charge >= 0.3 is 5.97 Å². The maximum atomic E-state index is 11.4. The van der Waals surface area contributed by atoms with Crippen molar-refractivity contribution in [3.05, 3.63) is 27.9 Å². The molecule has 0 aliphatic carbocycles. The number of carboxylic acid groups (broad SMARTS) is 1. The first kappa shape index (κ1) is 15.2. The number of piperidine rings is 1. The number of aromatic nitrogens is 1. The van der Waals surface area contributed by atoms with Crippen molar-refractivity contribution in [2.45, 2.75) is 33.2 Å². The third kappa shape index (κ3) is 2.96. The first-order valence-electron chi connectivity index (χ1n) is 6.95. The molecule has 1 aromatic heterocycles. The summed E-state index contributed by atoms with van der Waals surface area (Å²) in [5, 5.41) is 20.1. The lowest BCUT2D eigenvalue weighted by atomic mass is 9.86. The number of hydrogen-bond acceptors (Lipinski definition) is 5. The van der Waals surface area contributed by atoms with Gasteiger partial charge < -0.3 is 10.0 Å². The number of rotatable bonds is 3. The molecule has 0 bridgehead atoms. The fourth-order valence-electron chi connectivity index (χ4n) is 2.93. The maximum Gasteiger partial charge on any atom is 0.339 e. The Hall–Kier alpha value is -2.18. The number of pyridine rings is 1. The van der Waals surface area contributed by atoms with Crippen molar-refractivity contribution >= 4 is 17.5 Å². The number of carboxylic acids is 1. The average molecular weight is 293 g/mol. The van der Waals surface area contributed by atoms with Gasteiger partial charge in [0.15, 0.2) is 0 Å². The molecule has 3 atom stereocenters. The van der Waals surface area contributed by atoms with E-state index in [-0.39, 0.29) is 17.3 Å². The Kier molecular flexibility index (Phi) is 4.11. The van der Waals surface area contributed by atoms with E-state index in [4.69, 9.17) is 0 Å². The van der Waals surface area contributed by atoms with Crippen LogP contribution in [0.15, 0.2) is 12.3 Å². The average Bonchev–Trinajstić information content (AvgIpc) is 2.42. The SMILES string of the molecule is CC1CC(C)C(C)N(c2ncc([N+](=O)[O-])cc2C(=O)O)C1. The van der Waals surface area contributed by atoms with Gasteiger partial charge in [0.2, 0.25) is 0 Å². The number of carbonyl (C=O) groups is 1. The number of nitro groups is 1. The lowest BCUT2D eigenvalue weighted by Crippen LogP contribution is -2.46. The smallest absolute Gasteiger partial charge is 0.339 e. The van der Waals surface area contributed by atoms with Crippen LogP contribution in [0.2, 0.25) is 0 Å². The minimum Gasteiger partial charge on any atom is -0.478 e. The summed E-state index contributed by atoms with van der Waals surface area (Å²) in [6.07, 6.45) is 2.20. The van der Waals surface area contributed by atoms with Crippen molar-refractivity contribution in [1.82, 2.24) is 4.98 Å². The van der Waals surface area contributed by atoms with Gasteiger partial charge in [-0.3, -0.25) is 10.1 Å². The summed E-state index contributed by atoms with van der Waals surface area (Å²) < 4.78 is 0. The molecule has 3 unspecified atom stereocenters. The van der Waals surface area contributed by atoms with E-state index in [1.807, 2.05) is 11.8 Å². The third-order valence-corrected chi connectivity index (χ3v) is 4.16. The quantitative estimate of drug-likeness (QED) is 0.679. The van der Waals surface area contributed by atoms with Crippen LogP contribution in [0.3, 0.4) is 0 Å². The monoisotopic (exact) mass is 293 g/mol. The second-order valence-corrected chi connectivity index (χ2v) is 5.84. The standard InChI is InChI=1S/C14H19N3O4/c1-8-4-9(2)10(3)16(7-8)13-12(14(18)19)5-11(6-15-13)17(20)21/h5-6,8-10H,4,7H2,1-3H3,(H,18,19). The highest BCUT2D eigenvalue weighted by atomic mass is 16.6. The van der Waals surface area contributed by atoms with Gasteiger partial charge in [0, 0.05) is 18.7 Å². The molecule has 2 heterocycles. The Morgan fingerprint density at radius 3 is 2.71 bits per heavy atom. The Morgan fingerprint density at radius 2 is 2.14 bits per heavy atom. The van der Waals surface area contributed by atoms with Crippen LogP contribution in [-0.2, 0) is 0 Å². The Balaban J connectivity index is 2.47. The van der Waals surface area contributed by atoms with Gasteiger partial charge in [-0.15, -0.1) is 0 Å². The summed E-state index contributed by atoms with van der Waals surface area (Å²) in [5.74, 6) is -0.0412. The van der Waals surface area contributed by atoms with E-state index >= 15 is 0 Å². The summed E-state index contributed by atoms with van der Waals surface area (Å²) in [6, 6.07) is 1.23. The second-order valence-electron chi connectivity index (χ2n) is 5.84. The van der Waals surface area contributed by atoms with Crippen LogP contribution < -0.4 is 4.90 Å². The molecule has 2 rings (SSSR count). The molecule has 1 aromatic rings. The van der Waals surface area contributed by atoms with Gasteiger partial charge in [-0.2, -0.15) is 0 Å². The van der Waals surface area contributed by atoms with Gasteiger partial charge in [-0.1, -0.05) is 13.8 Å².